The Labute approximate surface area is 64.6 Å². The van der Waals surface area contributed by atoms with Crippen molar-refractivity contribution in [3.8, 4) is 0 Å². The van der Waals surface area contributed by atoms with Crippen LogP contribution in [-0.2, 0) is 6.54 Å². The minimum atomic E-state index is 0.217. The molecular weight excluding hydrogens is 138 g/mol. The van der Waals surface area contributed by atoms with Crippen LogP contribution in [0.1, 0.15) is 5.76 Å². The summed E-state index contributed by atoms with van der Waals surface area (Å²) < 4.78 is 5.33. The smallest absolute Gasteiger partial charge is 0.134 e. The Bertz CT molecular complexity index is 331. The Balaban J connectivity index is 2.69. The minimum absolute atomic E-state index is 0.217. The molecule has 0 amide bonds. The van der Waals surface area contributed by atoms with Crippen molar-refractivity contribution in [1.82, 2.24) is 5.73 Å². The highest BCUT2D eigenvalue weighted by molar-refractivity contribution is 5.77. The molecule has 1 radical (unpaired) electrons. The van der Waals surface area contributed by atoms with Crippen LogP contribution in [0, 0.1) is 0 Å². The Morgan fingerprint density at radius 2 is 2.09 bits per heavy atom. The lowest BCUT2D eigenvalue weighted by atomic mass is 10.2. The molecule has 2 nitrogen and oxygen atoms in total. The van der Waals surface area contributed by atoms with Gasteiger partial charge in [-0.3, -0.25) is 0 Å². The molecule has 55 valence electrons. The van der Waals surface area contributed by atoms with Gasteiger partial charge in [-0.2, -0.15) is 0 Å². The molecule has 1 aromatic heterocycles. The van der Waals surface area contributed by atoms with Crippen molar-refractivity contribution in [2.75, 3.05) is 0 Å². The van der Waals surface area contributed by atoms with E-state index >= 15 is 0 Å². The van der Waals surface area contributed by atoms with Crippen LogP contribution in [0.15, 0.2) is 34.7 Å². The number of rotatable bonds is 1. The van der Waals surface area contributed by atoms with Gasteiger partial charge in [-0.15, -0.1) is 0 Å². The molecule has 0 fully saturated rings. The van der Waals surface area contributed by atoms with Crippen LogP contribution in [0.2, 0.25) is 0 Å². The monoisotopic (exact) mass is 146 g/mol. The van der Waals surface area contributed by atoms with E-state index in [1.54, 1.807) is 0 Å². The molecule has 0 aliphatic heterocycles. The fourth-order valence-corrected chi connectivity index (χ4v) is 1.12. The Kier molecular flexibility index (Phi) is 1.40. The van der Waals surface area contributed by atoms with Crippen LogP contribution in [0.3, 0.4) is 0 Å². The van der Waals surface area contributed by atoms with Crippen molar-refractivity contribution in [3.05, 3.63) is 36.1 Å². The number of nitrogens with one attached hydrogen (secondary N) is 1. The van der Waals surface area contributed by atoms with Gasteiger partial charge in [0, 0.05) is 5.39 Å². The van der Waals surface area contributed by atoms with E-state index in [1.165, 1.54) is 0 Å². The first kappa shape index (κ1) is 6.43. The average molecular weight is 146 g/mol. The highest BCUT2D eigenvalue weighted by atomic mass is 16.3. The molecule has 2 rings (SSSR count). The minimum Gasteiger partial charge on any atom is -0.460 e. The number of para-hydroxylation sites is 1. The van der Waals surface area contributed by atoms with E-state index in [1.807, 2.05) is 30.3 Å². The molecule has 1 N–H and O–H groups in total. The second-order valence-corrected chi connectivity index (χ2v) is 2.43. The van der Waals surface area contributed by atoms with E-state index in [0.29, 0.717) is 0 Å². The van der Waals surface area contributed by atoms with Gasteiger partial charge in [-0.1, -0.05) is 18.2 Å². The molecule has 1 heterocycles. The fourth-order valence-electron chi connectivity index (χ4n) is 1.12. The Morgan fingerprint density at radius 1 is 1.27 bits per heavy atom. The summed E-state index contributed by atoms with van der Waals surface area (Å²) in [5.41, 5.74) is 7.95. The van der Waals surface area contributed by atoms with Gasteiger partial charge >= 0.3 is 0 Å². The third kappa shape index (κ3) is 1.01. The zero-order valence-electron chi connectivity index (χ0n) is 6.00. The van der Waals surface area contributed by atoms with E-state index in [-0.39, 0.29) is 6.54 Å². The summed E-state index contributed by atoms with van der Waals surface area (Å²) in [5, 5.41) is 1.08. The second kappa shape index (κ2) is 2.40. The molecule has 0 saturated carbocycles. The van der Waals surface area contributed by atoms with Gasteiger partial charge < -0.3 is 4.42 Å². The van der Waals surface area contributed by atoms with Crippen LogP contribution in [-0.4, -0.2) is 0 Å². The highest BCUT2D eigenvalue weighted by Crippen LogP contribution is 2.17. The number of furan rings is 1. The van der Waals surface area contributed by atoms with Crippen molar-refractivity contribution in [2.45, 2.75) is 6.54 Å². The zero-order chi connectivity index (χ0) is 7.68. The topological polar surface area (TPSA) is 36.9 Å². The summed E-state index contributed by atoms with van der Waals surface area (Å²) in [6.45, 7) is 0.217. The number of hydrogen-bond donors (Lipinski definition) is 0. The maximum atomic E-state index is 7.08. The molecule has 0 bridgehead atoms. The van der Waals surface area contributed by atoms with Crippen molar-refractivity contribution >= 4 is 11.0 Å². The normalized spacial score (nSPS) is 10.6. The van der Waals surface area contributed by atoms with E-state index in [9.17, 15) is 0 Å². The second-order valence-electron chi connectivity index (χ2n) is 2.43. The fraction of sp³-hybridized carbons (Fsp3) is 0.111. The predicted molar refractivity (Wildman–Crippen MR) is 43.0 cm³/mol. The highest BCUT2D eigenvalue weighted by Gasteiger charge is 1.99. The molecule has 0 unspecified atom stereocenters. The van der Waals surface area contributed by atoms with Crippen LogP contribution in [0.5, 0.6) is 0 Å². The molecule has 0 atom stereocenters. The van der Waals surface area contributed by atoms with Crippen LogP contribution in [0.25, 0.3) is 11.0 Å². The van der Waals surface area contributed by atoms with Crippen LogP contribution in [0.4, 0.5) is 0 Å². The molecule has 0 saturated heterocycles. The first-order valence-electron chi connectivity index (χ1n) is 3.52. The van der Waals surface area contributed by atoms with Crippen LogP contribution >= 0.6 is 0 Å². The predicted octanol–water partition coefficient (Wildman–Crippen LogP) is 2.22. The van der Waals surface area contributed by atoms with Gasteiger partial charge in [0.2, 0.25) is 0 Å². The van der Waals surface area contributed by atoms with Crippen LogP contribution < -0.4 is 5.73 Å². The maximum absolute atomic E-state index is 7.08. The summed E-state index contributed by atoms with van der Waals surface area (Å²) in [7, 11) is 0. The SMILES string of the molecule is [NH]Cc1cc2ccccc2o1. The molecule has 1 aromatic carbocycles. The van der Waals surface area contributed by atoms with Gasteiger partial charge in [-0.05, 0) is 12.1 Å². The molecule has 11 heavy (non-hydrogen) atoms. The van der Waals surface area contributed by atoms with Crippen molar-refractivity contribution in [2.24, 2.45) is 0 Å². The molecule has 2 aromatic rings. The average Bonchev–Trinajstić information content (AvgIpc) is 2.46. The molecular formula is C9H8NO. The summed E-state index contributed by atoms with van der Waals surface area (Å²) in [6.07, 6.45) is 0. The number of hydrogen-bond acceptors (Lipinski definition) is 1. The first-order valence-corrected chi connectivity index (χ1v) is 3.52. The van der Waals surface area contributed by atoms with E-state index in [4.69, 9.17) is 10.2 Å². The molecule has 0 aliphatic carbocycles. The van der Waals surface area contributed by atoms with Gasteiger partial charge in [0.25, 0.3) is 0 Å². The number of benzene rings is 1. The summed E-state index contributed by atoms with van der Waals surface area (Å²) in [4.78, 5) is 0. The standard InChI is InChI=1S/C9H8NO/c10-6-8-5-7-3-1-2-4-9(7)11-8/h1-5,10H,6H2. The summed E-state index contributed by atoms with van der Waals surface area (Å²) in [6, 6.07) is 9.69. The van der Waals surface area contributed by atoms with E-state index in [2.05, 4.69) is 0 Å². The van der Waals surface area contributed by atoms with E-state index in [0.717, 1.165) is 16.7 Å². The van der Waals surface area contributed by atoms with Crippen molar-refractivity contribution in [1.29, 1.82) is 0 Å². The zero-order valence-corrected chi connectivity index (χ0v) is 6.00. The lowest BCUT2D eigenvalue weighted by molar-refractivity contribution is 0.549. The lowest BCUT2D eigenvalue weighted by Gasteiger charge is -1.83. The third-order valence-corrected chi connectivity index (χ3v) is 1.65. The maximum Gasteiger partial charge on any atom is 0.134 e. The Hall–Kier alpha value is -1.28. The Morgan fingerprint density at radius 3 is 2.82 bits per heavy atom. The largest absolute Gasteiger partial charge is 0.460 e. The third-order valence-electron chi connectivity index (χ3n) is 1.65. The van der Waals surface area contributed by atoms with Gasteiger partial charge in [0.1, 0.15) is 11.3 Å². The molecule has 2 heteroatoms. The van der Waals surface area contributed by atoms with Crippen molar-refractivity contribution < 1.29 is 4.42 Å². The van der Waals surface area contributed by atoms with Gasteiger partial charge in [-0.25, -0.2) is 5.73 Å². The number of fused-ring (bicyclic) bond motifs is 1. The molecule has 0 spiro atoms. The lowest BCUT2D eigenvalue weighted by Crippen LogP contribution is -1.76. The first-order chi connectivity index (χ1) is 5.40. The van der Waals surface area contributed by atoms with Crippen molar-refractivity contribution in [3.63, 3.8) is 0 Å². The van der Waals surface area contributed by atoms with Gasteiger partial charge in [0.05, 0.1) is 6.54 Å². The quantitative estimate of drug-likeness (QED) is 0.607. The summed E-state index contributed by atoms with van der Waals surface area (Å²) in [5.74, 6) is 0.728. The molecule has 0 aliphatic rings. The van der Waals surface area contributed by atoms with E-state index < -0.39 is 0 Å². The van der Waals surface area contributed by atoms with Gasteiger partial charge in [0.15, 0.2) is 0 Å². The summed E-state index contributed by atoms with van der Waals surface area (Å²) >= 11 is 0.